The lowest BCUT2D eigenvalue weighted by Crippen LogP contribution is -2.21. The third kappa shape index (κ3) is 4.23. The molecule has 1 atom stereocenters. The molecule has 3 nitrogen and oxygen atoms in total. The summed E-state index contributed by atoms with van der Waals surface area (Å²) in [5.41, 5.74) is 7.78. The van der Waals surface area contributed by atoms with Crippen LogP contribution in [0.25, 0.3) is 0 Å². The average Bonchev–Trinajstić information content (AvgIpc) is 2.47. The lowest BCUT2D eigenvalue weighted by Gasteiger charge is -2.19. The molecule has 2 rings (SSSR count). The number of halogens is 1. The molecule has 2 aromatic carbocycles. The van der Waals surface area contributed by atoms with Crippen LogP contribution in [0.5, 0.6) is 0 Å². The number of nitrogens with one attached hydrogen (secondary N) is 1. The van der Waals surface area contributed by atoms with Crippen LogP contribution in [0.2, 0.25) is 5.02 Å². The van der Waals surface area contributed by atoms with Gasteiger partial charge in [-0.1, -0.05) is 48.9 Å². The second-order valence-corrected chi connectivity index (χ2v) is 5.41. The molecule has 1 amide bonds. The second-order valence-electron chi connectivity index (χ2n) is 5.00. The number of hydrogen-bond donors (Lipinski definition) is 2. The zero-order valence-electron chi connectivity index (χ0n) is 12.0. The first-order valence-corrected chi connectivity index (χ1v) is 7.37. The van der Waals surface area contributed by atoms with E-state index in [2.05, 4.69) is 24.4 Å². The fourth-order valence-corrected chi connectivity index (χ4v) is 2.51. The van der Waals surface area contributed by atoms with Gasteiger partial charge in [0.15, 0.2) is 0 Å². The van der Waals surface area contributed by atoms with E-state index in [1.165, 1.54) is 5.56 Å². The highest BCUT2D eigenvalue weighted by molar-refractivity contribution is 6.34. The normalized spacial score (nSPS) is 11.9. The Balaban J connectivity index is 2.08. The maximum Gasteiger partial charge on any atom is 0.250 e. The van der Waals surface area contributed by atoms with Crippen molar-refractivity contribution in [1.82, 2.24) is 0 Å². The Bertz CT molecular complexity index is 613. The van der Waals surface area contributed by atoms with E-state index >= 15 is 0 Å². The summed E-state index contributed by atoms with van der Waals surface area (Å²) < 4.78 is 0. The topological polar surface area (TPSA) is 55.1 Å². The summed E-state index contributed by atoms with van der Waals surface area (Å²) in [6.07, 6.45) is 1.93. The zero-order chi connectivity index (χ0) is 15.2. The molecular formula is C17H19ClN2O. The van der Waals surface area contributed by atoms with Gasteiger partial charge in [-0.3, -0.25) is 4.79 Å². The molecule has 0 aliphatic rings. The number of hydrogen-bond acceptors (Lipinski definition) is 2. The van der Waals surface area contributed by atoms with Gasteiger partial charge in [0, 0.05) is 11.7 Å². The zero-order valence-corrected chi connectivity index (χ0v) is 12.7. The van der Waals surface area contributed by atoms with Crippen LogP contribution in [-0.4, -0.2) is 11.9 Å². The molecule has 1 unspecified atom stereocenters. The number of nitrogens with two attached hydrogens (primary N) is 1. The van der Waals surface area contributed by atoms with Crippen molar-refractivity contribution in [3.8, 4) is 0 Å². The molecule has 0 bridgehead atoms. The molecule has 2 aromatic rings. The van der Waals surface area contributed by atoms with E-state index in [1.54, 1.807) is 12.1 Å². The molecule has 0 fully saturated rings. The Labute approximate surface area is 130 Å². The minimum atomic E-state index is -0.511. The Morgan fingerprint density at radius 2 is 1.95 bits per heavy atom. The van der Waals surface area contributed by atoms with Gasteiger partial charge in [-0.25, -0.2) is 0 Å². The smallest absolute Gasteiger partial charge is 0.250 e. The molecule has 0 saturated heterocycles. The summed E-state index contributed by atoms with van der Waals surface area (Å²) in [7, 11) is 0. The maximum absolute atomic E-state index is 11.2. The summed E-state index contributed by atoms with van der Waals surface area (Å²) in [6, 6.07) is 15.9. The van der Waals surface area contributed by atoms with E-state index in [0.717, 1.165) is 18.5 Å². The van der Waals surface area contributed by atoms with Crippen LogP contribution >= 0.6 is 11.6 Å². The Hall–Kier alpha value is -2.00. The number of anilines is 1. The van der Waals surface area contributed by atoms with Crippen LogP contribution in [0.15, 0.2) is 48.5 Å². The third-order valence-corrected chi connectivity index (χ3v) is 3.74. The van der Waals surface area contributed by atoms with Gasteiger partial charge in [0.2, 0.25) is 5.91 Å². The summed E-state index contributed by atoms with van der Waals surface area (Å²) >= 11 is 6.07. The number of amides is 1. The molecular weight excluding hydrogens is 284 g/mol. The first-order chi connectivity index (χ1) is 10.1. The highest BCUT2D eigenvalue weighted by atomic mass is 35.5. The van der Waals surface area contributed by atoms with Crippen molar-refractivity contribution in [2.24, 2.45) is 5.73 Å². The van der Waals surface area contributed by atoms with E-state index < -0.39 is 5.91 Å². The van der Waals surface area contributed by atoms with E-state index in [9.17, 15) is 4.79 Å². The molecule has 0 saturated carbocycles. The molecule has 0 aliphatic carbocycles. The van der Waals surface area contributed by atoms with Gasteiger partial charge < -0.3 is 11.1 Å². The van der Waals surface area contributed by atoms with E-state index in [0.29, 0.717) is 16.6 Å². The predicted molar refractivity (Wildman–Crippen MR) is 87.8 cm³/mol. The van der Waals surface area contributed by atoms with Gasteiger partial charge >= 0.3 is 0 Å². The fraction of sp³-hybridized carbons (Fsp3) is 0.235. The van der Waals surface area contributed by atoms with Gasteiger partial charge in [0.25, 0.3) is 0 Å². The predicted octanol–water partition coefficient (Wildman–Crippen LogP) is 3.87. The van der Waals surface area contributed by atoms with Gasteiger partial charge in [-0.15, -0.1) is 0 Å². The van der Waals surface area contributed by atoms with Crippen LogP contribution in [0.1, 0.15) is 29.3 Å². The monoisotopic (exact) mass is 302 g/mol. The van der Waals surface area contributed by atoms with E-state index in [1.807, 2.05) is 24.3 Å². The summed E-state index contributed by atoms with van der Waals surface area (Å²) in [6.45, 7) is 2.14. The van der Waals surface area contributed by atoms with Crippen molar-refractivity contribution in [2.75, 3.05) is 5.32 Å². The van der Waals surface area contributed by atoms with Gasteiger partial charge in [0.05, 0.1) is 10.6 Å². The largest absolute Gasteiger partial charge is 0.382 e. The Morgan fingerprint density at radius 1 is 1.24 bits per heavy atom. The van der Waals surface area contributed by atoms with Crippen LogP contribution in [-0.2, 0) is 6.42 Å². The second kappa shape index (κ2) is 7.14. The number of carbonyl (C=O) groups is 1. The van der Waals surface area contributed by atoms with Crippen LogP contribution in [0, 0.1) is 0 Å². The highest BCUT2D eigenvalue weighted by Gasteiger charge is 2.10. The van der Waals surface area contributed by atoms with Gasteiger partial charge in [-0.2, -0.15) is 0 Å². The molecule has 110 valence electrons. The van der Waals surface area contributed by atoms with Crippen molar-refractivity contribution in [3.05, 3.63) is 64.7 Å². The molecule has 0 heterocycles. The average molecular weight is 303 g/mol. The lowest BCUT2D eigenvalue weighted by atomic mass is 10.0. The molecule has 0 aromatic heterocycles. The van der Waals surface area contributed by atoms with Crippen molar-refractivity contribution >= 4 is 23.2 Å². The fourth-order valence-electron chi connectivity index (χ4n) is 2.24. The molecule has 0 aliphatic heterocycles. The minimum absolute atomic E-state index is 0.308. The Kier molecular flexibility index (Phi) is 5.23. The van der Waals surface area contributed by atoms with Crippen molar-refractivity contribution in [2.45, 2.75) is 25.8 Å². The first-order valence-electron chi connectivity index (χ1n) is 7.00. The summed E-state index contributed by atoms with van der Waals surface area (Å²) in [5.74, 6) is -0.511. The van der Waals surface area contributed by atoms with Gasteiger partial charge in [0.1, 0.15) is 0 Å². The molecule has 0 spiro atoms. The SMILES string of the molecule is CCC(Cc1ccccc1)Nc1ccc(C(N)=O)c(Cl)c1. The summed E-state index contributed by atoms with van der Waals surface area (Å²) in [5, 5.41) is 3.82. The number of benzene rings is 2. The first kappa shape index (κ1) is 15.4. The quantitative estimate of drug-likeness (QED) is 0.851. The van der Waals surface area contributed by atoms with Crippen LogP contribution in [0.4, 0.5) is 5.69 Å². The molecule has 21 heavy (non-hydrogen) atoms. The summed E-state index contributed by atoms with van der Waals surface area (Å²) in [4.78, 5) is 11.2. The van der Waals surface area contributed by atoms with Crippen molar-refractivity contribution < 1.29 is 4.79 Å². The van der Waals surface area contributed by atoms with E-state index in [-0.39, 0.29) is 0 Å². The third-order valence-electron chi connectivity index (χ3n) is 3.42. The van der Waals surface area contributed by atoms with Crippen molar-refractivity contribution in [1.29, 1.82) is 0 Å². The highest BCUT2D eigenvalue weighted by Crippen LogP contribution is 2.22. The Morgan fingerprint density at radius 3 is 2.52 bits per heavy atom. The van der Waals surface area contributed by atoms with Gasteiger partial charge in [-0.05, 0) is 36.6 Å². The van der Waals surface area contributed by atoms with Crippen LogP contribution < -0.4 is 11.1 Å². The lowest BCUT2D eigenvalue weighted by molar-refractivity contribution is 0.100. The standard InChI is InChI=1S/C17H19ClN2O/c1-2-13(10-12-6-4-3-5-7-12)20-14-8-9-15(17(19)21)16(18)11-14/h3-9,11,13,20H,2,10H2,1H3,(H2,19,21). The van der Waals surface area contributed by atoms with E-state index in [4.69, 9.17) is 17.3 Å². The molecule has 0 radical (unpaired) electrons. The number of rotatable bonds is 6. The van der Waals surface area contributed by atoms with Crippen molar-refractivity contribution in [3.63, 3.8) is 0 Å². The maximum atomic E-state index is 11.2. The number of primary amides is 1. The van der Waals surface area contributed by atoms with Crippen LogP contribution in [0.3, 0.4) is 0 Å². The molecule has 4 heteroatoms. The minimum Gasteiger partial charge on any atom is -0.382 e. The number of carbonyl (C=O) groups excluding carboxylic acids is 1. The molecule has 3 N–H and O–H groups in total.